The van der Waals surface area contributed by atoms with Crippen molar-refractivity contribution in [1.82, 2.24) is 5.32 Å². The Hall–Kier alpha value is -1.35. The summed E-state index contributed by atoms with van der Waals surface area (Å²) in [6.07, 6.45) is 2.46. The summed E-state index contributed by atoms with van der Waals surface area (Å²) >= 11 is 0. The summed E-state index contributed by atoms with van der Waals surface area (Å²) in [4.78, 5) is 0. The summed E-state index contributed by atoms with van der Waals surface area (Å²) in [5, 5.41) is 3.06. The molecule has 1 aromatic rings. The molecule has 0 heterocycles. The second-order valence-electron chi connectivity index (χ2n) is 3.63. The van der Waals surface area contributed by atoms with Crippen LogP contribution in [0.2, 0.25) is 0 Å². The first kappa shape index (κ1) is 12.7. The van der Waals surface area contributed by atoms with Gasteiger partial charge in [-0.2, -0.15) is 0 Å². The maximum absolute atomic E-state index is 13.6. The number of ether oxygens (including phenoxy) is 1. The molecule has 0 saturated heterocycles. The van der Waals surface area contributed by atoms with E-state index in [2.05, 4.69) is 11.9 Å². The molecular formula is C13H18FNO. The normalized spacial score (nSPS) is 12.2. The molecule has 2 nitrogen and oxygen atoms in total. The van der Waals surface area contributed by atoms with E-state index in [-0.39, 0.29) is 11.9 Å². The summed E-state index contributed by atoms with van der Waals surface area (Å²) in [5.74, 6) is -0.0161. The first-order valence-electron chi connectivity index (χ1n) is 5.39. The Labute approximate surface area is 96.1 Å². The van der Waals surface area contributed by atoms with Gasteiger partial charge >= 0.3 is 0 Å². The van der Waals surface area contributed by atoms with E-state index in [1.807, 2.05) is 20.0 Å². The Morgan fingerprint density at radius 1 is 1.56 bits per heavy atom. The van der Waals surface area contributed by atoms with Crippen LogP contribution in [0, 0.1) is 5.82 Å². The average Bonchev–Trinajstić information content (AvgIpc) is 2.30. The number of halogens is 1. The Bertz CT molecular complexity index is 352. The molecule has 0 radical (unpaired) electrons. The molecule has 3 heteroatoms. The molecule has 0 bridgehead atoms. The Balaban J connectivity index is 2.71. The van der Waals surface area contributed by atoms with Crippen molar-refractivity contribution in [2.75, 3.05) is 13.7 Å². The zero-order chi connectivity index (χ0) is 12.0. The van der Waals surface area contributed by atoms with Crippen LogP contribution in [-0.2, 0) is 0 Å². The van der Waals surface area contributed by atoms with Gasteiger partial charge in [0.05, 0.1) is 6.61 Å². The molecule has 0 aliphatic heterocycles. The SMILES string of the molecule is C=CCCOc1ccc(C(C)NC)cc1F. The molecule has 1 N–H and O–H groups in total. The van der Waals surface area contributed by atoms with Crippen molar-refractivity contribution in [1.29, 1.82) is 0 Å². The van der Waals surface area contributed by atoms with Gasteiger partial charge in [0.15, 0.2) is 11.6 Å². The standard InChI is InChI=1S/C13H18FNO/c1-4-5-8-16-13-7-6-11(9-12(13)14)10(2)15-3/h4,6-7,9-10,15H,1,5,8H2,2-3H3. The highest BCUT2D eigenvalue weighted by molar-refractivity contribution is 5.30. The van der Waals surface area contributed by atoms with Crippen molar-refractivity contribution in [3.05, 3.63) is 42.2 Å². The molecule has 1 rings (SSSR count). The predicted octanol–water partition coefficient (Wildman–Crippen LogP) is 3.06. The van der Waals surface area contributed by atoms with Crippen LogP contribution in [0.5, 0.6) is 5.75 Å². The van der Waals surface area contributed by atoms with Gasteiger partial charge in [-0.25, -0.2) is 4.39 Å². The topological polar surface area (TPSA) is 21.3 Å². The van der Waals surface area contributed by atoms with Crippen LogP contribution in [0.25, 0.3) is 0 Å². The molecule has 1 aromatic carbocycles. The minimum absolute atomic E-state index is 0.136. The van der Waals surface area contributed by atoms with Crippen LogP contribution in [0.3, 0.4) is 0 Å². The molecule has 16 heavy (non-hydrogen) atoms. The molecule has 0 spiro atoms. The Kier molecular flexibility index (Phi) is 4.99. The lowest BCUT2D eigenvalue weighted by Crippen LogP contribution is -2.12. The summed E-state index contributed by atoms with van der Waals surface area (Å²) in [6.45, 7) is 6.02. The molecule has 88 valence electrons. The fourth-order valence-electron chi connectivity index (χ4n) is 1.32. The van der Waals surface area contributed by atoms with Crippen LogP contribution in [-0.4, -0.2) is 13.7 Å². The second kappa shape index (κ2) is 6.28. The first-order chi connectivity index (χ1) is 7.69. The van der Waals surface area contributed by atoms with Gasteiger partial charge in [0.2, 0.25) is 0 Å². The van der Waals surface area contributed by atoms with Gasteiger partial charge in [0.25, 0.3) is 0 Å². The van der Waals surface area contributed by atoms with E-state index < -0.39 is 0 Å². The smallest absolute Gasteiger partial charge is 0.165 e. The van der Waals surface area contributed by atoms with E-state index in [0.29, 0.717) is 18.8 Å². The van der Waals surface area contributed by atoms with Crippen molar-refractivity contribution in [3.8, 4) is 5.75 Å². The molecule has 0 aromatic heterocycles. The minimum Gasteiger partial charge on any atom is -0.490 e. The van der Waals surface area contributed by atoms with Crippen LogP contribution < -0.4 is 10.1 Å². The molecule has 1 atom stereocenters. The third-order valence-corrected chi connectivity index (χ3v) is 2.47. The van der Waals surface area contributed by atoms with Gasteiger partial charge in [0, 0.05) is 6.04 Å². The lowest BCUT2D eigenvalue weighted by molar-refractivity contribution is 0.307. The number of nitrogens with one attached hydrogen (secondary N) is 1. The van der Waals surface area contributed by atoms with Crippen molar-refractivity contribution in [2.24, 2.45) is 0 Å². The predicted molar refractivity (Wildman–Crippen MR) is 64.2 cm³/mol. The number of benzene rings is 1. The fraction of sp³-hybridized carbons (Fsp3) is 0.385. The van der Waals surface area contributed by atoms with E-state index in [1.54, 1.807) is 12.1 Å². The molecule has 0 aliphatic carbocycles. The maximum Gasteiger partial charge on any atom is 0.165 e. The Morgan fingerprint density at radius 2 is 2.31 bits per heavy atom. The van der Waals surface area contributed by atoms with Crippen molar-refractivity contribution in [3.63, 3.8) is 0 Å². The molecule has 0 aliphatic rings. The second-order valence-corrected chi connectivity index (χ2v) is 3.63. The fourth-order valence-corrected chi connectivity index (χ4v) is 1.32. The van der Waals surface area contributed by atoms with Gasteiger partial charge in [-0.05, 0) is 38.1 Å². The number of rotatable bonds is 6. The third-order valence-electron chi connectivity index (χ3n) is 2.47. The van der Waals surface area contributed by atoms with E-state index in [1.165, 1.54) is 6.07 Å². The highest BCUT2D eigenvalue weighted by atomic mass is 19.1. The van der Waals surface area contributed by atoms with Crippen molar-refractivity contribution in [2.45, 2.75) is 19.4 Å². The van der Waals surface area contributed by atoms with Gasteiger partial charge < -0.3 is 10.1 Å². The van der Waals surface area contributed by atoms with Crippen LogP contribution in [0.1, 0.15) is 24.9 Å². The number of hydrogen-bond donors (Lipinski definition) is 1. The number of hydrogen-bond acceptors (Lipinski definition) is 2. The summed E-state index contributed by atoms with van der Waals surface area (Å²) in [5.41, 5.74) is 0.913. The lowest BCUT2D eigenvalue weighted by atomic mass is 10.1. The van der Waals surface area contributed by atoms with Gasteiger partial charge in [0.1, 0.15) is 0 Å². The highest BCUT2D eigenvalue weighted by Crippen LogP contribution is 2.21. The highest BCUT2D eigenvalue weighted by Gasteiger charge is 2.08. The molecule has 0 saturated carbocycles. The summed E-state index contributed by atoms with van der Waals surface area (Å²) < 4.78 is 18.9. The first-order valence-corrected chi connectivity index (χ1v) is 5.39. The van der Waals surface area contributed by atoms with E-state index in [0.717, 1.165) is 5.56 Å². The molecule has 1 unspecified atom stereocenters. The largest absolute Gasteiger partial charge is 0.490 e. The van der Waals surface area contributed by atoms with Crippen LogP contribution in [0.15, 0.2) is 30.9 Å². The van der Waals surface area contributed by atoms with E-state index in [9.17, 15) is 4.39 Å². The van der Waals surface area contributed by atoms with Crippen LogP contribution in [0.4, 0.5) is 4.39 Å². The summed E-state index contributed by atoms with van der Waals surface area (Å²) in [7, 11) is 1.84. The zero-order valence-electron chi connectivity index (χ0n) is 9.79. The van der Waals surface area contributed by atoms with Crippen LogP contribution >= 0.6 is 0 Å². The maximum atomic E-state index is 13.6. The quantitative estimate of drug-likeness (QED) is 0.591. The zero-order valence-corrected chi connectivity index (χ0v) is 9.79. The molecular weight excluding hydrogens is 205 g/mol. The van der Waals surface area contributed by atoms with E-state index in [4.69, 9.17) is 4.74 Å². The van der Waals surface area contributed by atoms with Gasteiger partial charge in [-0.15, -0.1) is 6.58 Å². The van der Waals surface area contributed by atoms with Gasteiger partial charge in [-0.3, -0.25) is 0 Å². The Morgan fingerprint density at radius 3 is 2.88 bits per heavy atom. The summed E-state index contributed by atoms with van der Waals surface area (Å²) in [6, 6.07) is 5.18. The average molecular weight is 223 g/mol. The van der Waals surface area contributed by atoms with Crippen molar-refractivity contribution >= 4 is 0 Å². The monoisotopic (exact) mass is 223 g/mol. The third kappa shape index (κ3) is 3.35. The van der Waals surface area contributed by atoms with Gasteiger partial charge in [-0.1, -0.05) is 12.1 Å². The van der Waals surface area contributed by atoms with E-state index >= 15 is 0 Å². The minimum atomic E-state index is -0.316. The molecule has 0 fully saturated rings. The van der Waals surface area contributed by atoms with Crippen molar-refractivity contribution < 1.29 is 9.13 Å². The lowest BCUT2D eigenvalue weighted by Gasteiger charge is -2.12. The molecule has 0 amide bonds.